The third-order valence-electron chi connectivity index (χ3n) is 7.28. The van der Waals surface area contributed by atoms with Crippen molar-refractivity contribution < 1.29 is 9.32 Å². The minimum absolute atomic E-state index is 0.199. The SMILES string of the molecule is Cc1ccc(C(=O)Nc2cc(C(C)(C)C)on2)cc1-n1cc(-c2cncc(N3CCC(N(C)C)CC3)c2)nn1. The maximum Gasteiger partial charge on any atom is 0.256 e. The van der Waals surface area contributed by atoms with Gasteiger partial charge in [-0.3, -0.25) is 9.78 Å². The molecule has 0 bridgehead atoms. The monoisotopic (exact) mass is 528 g/mol. The van der Waals surface area contributed by atoms with Crippen molar-refractivity contribution in [1.29, 1.82) is 0 Å². The molecule has 0 aliphatic carbocycles. The van der Waals surface area contributed by atoms with Crippen molar-refractivity contribution in [2.24, 2.45) is 0 Å². The van der Waals surface area contributed by atoms with E-state index in [2.05, 4.69) is 55.7 Å². The standard InChI is InChI=1S/C29H36N8O2/c1-19-7-8-20(28(38)31-27-15-26(39-33-27)29(2,3)4)14-25(19)37-18-24(32-34-37)21-13-23(17-30-16-21)36-11-9-22(10-12-36)35(5)6/h7-8,13-18,22H,9-12H2,1-6H3,(H,31,33,38). The van der Waals surface area contributed by atoms with E-state index < -0.39 is 0 Å². The lowest BCUT2D eigenvalue weighted by atomic mass is 9.93. The van der Waals surface area contributed by atoms with Gasteiger partial charge in [-0.15, -0.1) is 5.10 Å². The lowest BCUT2D eigenvalue weighted by Crippen LogP contribution is -2.42. The molecule has 1 N–H and O–H groups in total. The first-order valence-electron chi connectivity index (χ1n) is 13.3. The minimum atomic E-state index is -0.278. The third kappa shape index (κ3) is 5.85. The fourth-order valence-corrected chi connectivity index (χ4v) is 4.77. The van der Waals surface area contributed by atoms with Gasteiger partial charge in [0.25, 0.3) is 5.91 Å². The van der Waals surface area contributed by atoms with E-state index in [0.29, 0.717) is 23.2 Å². The Morgan fingerprint density at radius 1 is 1.10 bits per heavy atom. The van der Waals surface area contributed by atoms with Crippen LogP contribution in [0.3, 0.4) is 0 Å². The van der Waals surface area contributed by atoms with Gasteiger partial charge in [-0.2, -0.15) is 0 Å². The number of carbonyl (C=O) groups excluding carboxylic acids is 1. The first kappa shape index (κ1) is 26.6. The topological polar surface area (TPSA) is 105 Å². The zero-order valence-electron chi connectivity index (χ0n) is 23.5. The van der Waals surface area contributed by atoms with Crippen LogP contribution in [0.5, 0.6) is 0 Å². The lowest BCUT2D eigenvalue weighted by Gasteiger charge is -2.36. The third-order valence-corrected chi connectivity index (χ3v) is 7.28. The van der Waals surface area contributed by atoms with Crippen LogP contribution in [0.4, 0.5) is 11.5 Å². The van der Waals surface area contributed by atoms with E-state index >= 15 is 0 Å². The Kier molecular flexibility index (Phi) is 7.22. The van der Waals surface area contributed by atoms with Crippen molar-refractivity contribution in [3.63, 3.8) is 0 Å². The van der Waals surface area contributed by atoms with E-state index in [4.69, 9.17) is 4.52 Å². The normalized spacial score (nSPS) is 14.7. The molecule has 10 heteroatoms. The molecule has 10 nitrogen and oxygen atoms in total. The molecule has 0 spiro atoms. The Labute approximate surface area is 229 Å². The molecule has 0 saturated carbocycles. The summed E-state index contributed by atoms with van der Waals surface area (Å²) in [6.45, 7) is 10.1. The number of piperidine rings is 1. The number of hydrogen-bond donors (Lipinski definition) is 1. The van der Waals surface area contributed by atoms with Gasteiger partial charge in [-0.1, -0.05) is 37.2 Å². The number of aryl methyl sites for hydroxylation is 1. The van der Waals surface area contributed by atoms with E-state index in [9.17, 15) is 4.79 Å². The second-order valence-electron chi connectivity index (χ2n) is 11.4. The van der Waals surface area contributed by atoms with Crippen molar-refractivity contribution in [3.05, 3.63) is 65.8 Å². The Morgan fingerprint density at radius 2 is 1.87 bits per heavy atom. The van der Waals surface area contributed by atoms with Gasteiger partial charge in [0.05, 0.1) is 23.8 Å². The van der Waals surface area contributed by atoms with Crippen LogP contribution >= 0.6 is 0 Å². The van der Waals surface area contributed by atoms with Crippen molar-refractivity contribution in [2.75, 3.05) is 37.4 Å². The molecular formula is C29H36N8O2. The molecule has 39 heavy (non-hydrogen) atoms. The summed E-state index contributed by atoms with van der Waals surface area (Å²) in [5.41, 5.74) is 4.74. The second kappa shape index (κ2) is 10.6. The highest BCUT2D eigenvalue weighted by molar-refractivity contribution is 6.04. The van der Waals surface area contributed by atoms with Gasteiger partial charge in [0.15, 0.2) is 5.82 Å². The largest absolute Gasteiger partial charge is 0.370 e. The highest BCUT2D eigenvalue weighted by Gasteiger charge is 2.22. The molecule has 1 aliphatic heterocycles. The number of nitrogens with one attached hydrogen (secondary N) is 1. The van der Waals surface area contributed by atoms with Crippen LogP contribution in [0.15, 0.2) is 53.4 Å². The summed E-state index contributed by atoms with van der Waals surface area (Å²) >= 11 is 0. The summed E-state index contributed by atoms with van der Waals surface area (Å²) in [6, 6.07) is 9.98. The van der Waals surface area contributed by atoms with E-state index in [-0.39, 0.29) is 11.3 Å². The van der Waals surface area contributed by atoms with Crippen LogP contribution in [0, 0.1) is 6.92 Å². The Balaban J connectivity index is 1.33. The van der Waals surface area contributed by atoms with Crippen molar-refractivity contribution in [3.8, 4) is 16.9 Å². The van der Waals surface area contributed by atoms with Crippen molar-refractivity contribution >= 4 is 17.4 Å². The summed E-state index contributed by atoms with van der Waals surface area (Å²) in [6.07, 6.45) is 7.85. The summed E-state index contributed by atoms with van der Waals surface area (Å²) in [7, 11) is 4.30. The van der Waals surface area contributed by atoms with Crippen LogP contribution in [-0.4, -0.2) is 69.2 Å². The number of rotatable bonds is 6. The molecule has 5 rings (SSSR count). The van der Waals surface area contributed by atoms with Gasteiger partial charge in [-0.05, 0) is 57.6 Å². The smallest absolute Gasteiger partial charge is 0.256 e. The van der Waals surface area contributed by atoms with E-state index in [0.717, 1.165) is 54.1 Å². The molecule has 4 heterocycles. The lowest BCUT2D eigenvalue weighted by molar-refractivity contribution is 0.102. The molecule has 1 amide bonds. The molecule has 4 aromatic rings. The van der Waals surface area contributed by atoms with Crippen LogP contribution < -0.4 is 10.2 Å². The maximum absolute atomic E-state index is 13.0. The van der Waals surface area contributed by atoms with Gasteiger partial charge in [0.2, 0.25) is 0 Å². The number of amides is 1. The molecule has 0 atom stereocenters. The molecule has 1 aliphatic rings. The zero-order chi connectivity index (χ0) is 27.7. The number of anilines is 2. The molecule has 204 valence electrons. The van der Waals surface area contributed by atoms with Crippen LogP contribution in [0.25, 0.3) is 16.9 Å². The number of nitrogens with zero attached hydrogens (tertiary/aromatic N) is 7. The summed E-state index contributed by atoms with van der Waals surface area (Å²) in [4.78, 5) is 22.2. The van der Waals surface area contributed by atoms with Crippen LogP contribution in [0.2, 0.25) is 0 Å². The van der Waals surface area contributed by atoms with Gasteiger partial charge in [-0.25, -0.2) is 4.68 Å². The van der Waals surface area contributed by atoms with E-state index in [1.807, 2.05) is 52.4 Å². The van der Waals surface area contributed by atoms with E-state index in [1.54, 1.807) is 22.9 Å². The Bertz CT molecular complexity index is 1460. The number of carbonyl (C=O) groups is 1. The molecule has 0 unspecified atom stereocenters. The van der Waals surface area contributed by atoms with Gasteiger partial charge < -0.3 is 19.6 Å². The zero-order valence-corrected chi connectivity index (χ0v) is 23.5. The van der Waals surface area contributed by atoms with Gasteiger partial charge >= 0.3 is 0 Å². The molecular weight excluding hydrogens is 492 g/mol. The molecule has 0 radical (unpaired) electrons. The minimum Gasteiger partial charge on any atom is -0.370 e. The van der Waals surface area contributed by atoms with Gasteiger partial charge in [0.1, 0.15) is 11.5 Å². The average Bonchev–Trinajstić information content (AvgIpc) is 3.59. The van der Waals surface area contributed by atoms with Crippen LogP contribution in [-0.2, 0) is 5.41 Å². The first-order valence-corrected chi connectivity index (χ1v) is 13.3. The summed E-state index contributed by atoms with van der Waals surface area (Å²) in [5.74, 6) is 0.808. The average molecular weight is 529 g/mol. The fourth-order valence-electron chi connectivity index (χ4n) is 4.77. The number of pyridine rings is 1. The Morgan fingerprint density at radius 3 is 2.56 bits per heavy atom. The second-order valence-corrected chi connectivity index (χ2v) is 11.4. The first-order chi connectivity index (χ1) is 18.6. The van der Waals surface area contributed by atoms with Crippen molar-refractivity contribution in [1.82, 2.24) is 30.0 Å². The highest BCUT2D eigenvalue weighted by atomic mass is 16.5. The summed E-state index contributed by atoms with van der Waals surface area (Å²) in [5, 5.41) is 15.6. The molecule has 3 aromatic heterocycles. The number of benzene rings is 1. The molecule has 1 saturated heterocycles. The predicted molar refractivity (Wildman–Crippen MR) is 151 cm³/mol. The number of aromatic nitrogens is 5. The fraction of sp³-hybridized carbons (Fsp3) is 0.414. The Hall–Kier alpha value is -4.05. The summed E-state index contributed by atoms with van der Waals surface area (Å²) < 4.78 is 7.09. The number of hydrogen-bond acceptors (Lipinski definition) is 8. The quantitative estimate of drug-likeness (QED) is 0.384. The maximum atomic E-state index is 13.0. The van der Waals surface area contributed by atoms with E-state index in [1.165, 1.54) is 0 Å². The highest BCUT2D eigenvalue weighted by Crippen LogP contribution is 2.27. The van der Waals surface area contributed by atoms with Gasteiger partial charge in [0, 0.05) is 47.9 Å². The predicted octanol–water partition coefficient (Wildman–Crippen LogP) is 4.71. The molecule has 1 aromatic carbocycles. The van der Waals surface area contributed by atoms with Crippen molar-refractivity contribution in [2.45, 2.75) is 52.0 Å². The molecule has 1 fully saturated rings. The van der Waals surface area contributed by atoms with Crippen LogP contribution in [0.1, 0.15) is 55.3 Å².